The number of hydrogen-bond acceptors (Lipinski definition) is 3. The summed E-state index contributed by atoms with van der Waals surface area (Å²) in [6.45, 7) is 3.02. The van der Waals surface area contributed by atoms with E-state index in [-0.39, 0.29) is 0 Å². The average Bonchev–Trinajstić information content (AvgIpc) is 2.46. The monoisotopic (exact) mass is 354 g/mol. The quantitative estimate of drug-likeness (QED) is 0.870. The van der Waals surface area contributed by atoms with Crippen molar-refractivity contribution in [3.05, 3.63) is 28.2 Å². The van der Waals surface area contributed by atoms with Crippen LogP contribution in [0.4, 0.5) is 5.69 Å². The van der Waals surface area contributed by atoms with Gasteiger partial charge in [-0.1, -0.05) is 22.9 Å². The maximum atomic E-state index is 11.6. The van der Waals surface area contributed by atoms with Gasteiger partial charge in [-0.15, -0.1) is 0 Å². The van der Waals surface area contributed by atoms with E-state index in [1.165, 1.54) is 0 Å². The average molecular weight is 355 g/mol. The number of benzene rings is 1. The standard InChI is InChI=1S/C15H19BrN2O3/c1-2-15(14(20)21)6-3-7-18(9-15)12-8-10(16)4-5-11(12)13(17)19/h4-5,8H,2-3,6-7,9H2,1H3,(H2,17,19)(H,20,21). The lowest BCUT2D eigenvalue weighted by Gasteiger charge is -2.41. The summed E-state index contributed by atoms with van der Waals surface area (Å²) in [5.74, 6) is -1.27. The Morgan fingerprint density at radius 3 is 2.76 bits per heavy atom. The molecule has 0 spiro atoms. The summed E-state index contributed by atoms with van der Waals surface area (Å²) < 4.78 is 0.838. The van der Waals surface area contributed by atoms with Gasteiger partial charge in [-0.05, 0) is 37.5 Å². The number of nitrogens with zero attached hydrogens (tertiary/aromatic N) is 1. The number of carboxylic acid groups (broad SMARTS) is 1. The zero-order valence-corrected chi connectivity index (χ0v) is 13.5. The number of amides is 1. The summed E-state index contributed by atoms with van der Waals surface area (Å²) in [4.78, 5) is 25.2. The van der Waals surface area contributed by atoms with Crippen molar-refractivity contribution in [3.8, 4) is 0 Å². The van der Waals surface area contributed by atoms with Gasteiger partial charge in [0.15, 0.2) is 0 Å². The van der Waals surface area contributed by atoms with E-state index < -0.39 is 17.3 Å². The van der Waals surface area contributed by atoms with Crippen LogP contribution in [-0.4, -0.2) is 30.1 Å². The Morgan fingerprint density at radius 2 is 2.19 bits per heavy atom. The Morgan fingerprint density at radius 1 is 1.48 bits per heavy atom. The second-order valence-electron chi connectivity index (χ2n) is 5.49. The topological polar surface area (TPSA) is 83.6 Å². The molecule has 3 N–H and O–H groups in total. The molecule has 1 fully saturated rings. The Balaban J connectivity index is 2.40. The van der Waals surface area contributed by atoms with E-state index in [0.29, 0.717) is 30.6 Å². The number of rotatable bonds is 4. The van der Waals surface area contributed by atoms with Gasteiger partial charge in [-0.25, -0.2) is 0 Å². The first-order valence-corrected chi connectivity index (χ1v) is 7.76. The van der Waals surface area contributed by atoms with Crippen molar-refractivity contribution in [2.75, 3.05) is 18.0 Å². The first kappa shape index (κ1) is 15.8. The molecule has 1 aliphatic heterocycles. The normalized spacial score (nSPS) is 22.1. The summed E-state index contributed by atoms with van der Waals surface area (Å²) in [5.41, 5.74) is 5.81. The van der Waals surface area contributed by atoms with Gasteiger partial charge in [-0.3, -0.25) is 9.59 Å². The SMILES string of the molecule is CCC1(C(=O)O)CCCN(c2cc(Br)ccc2C(N)=O)C1. The number of anilines is 1. The molecule has 6 heteroatoms. The number of halogens is 1. The first-order chi connectivity index (χ1) is 9.89. The summed E-state index contributed by atoms with van der Waals surface area (Å²) in [5, 5.41) is 9.56. The van der Waals surface area contributed by atoms with E-state index in [9.17, 15) is 14.7 Å². The molecule has 0 aromatic heterocycles. The predicted octanol–water partition coefficient (Wildman–Crippen LogP) is 2.63. The number of carbonyl (C=O) groups is 2. The van der Waals surface area contributed by atoms with Crippen molar-refractivity contribution in [3.63, 3.8) is 0 Å². The van der Waals surface area contributed by atoms with Gasteiger partial charge in [0, 0.05) is 17.6 Å². The number of hydrogen-bond donors (Lipinski definition) is 2. The Kier molecular flexibility index (Phi) is 4.56. The van der Waals surface area contributed by atoms with Crippen LogP contribution in [0.1, 0.15) is 36.5 Å². The van der Waals surface area contributed by atoms with Crippen LogP contribution in [0.15, 0.2) is 22.7 Å². The van der Waals surface area contributed by atoms with Gasteiger partial charge in [-0.2, -0.15) is 0 Å². The van der Waals surface area contributed by atoms with Crippen molar-refractivity contribution in [1.29, 1.82) is 0 Å². The van der Waals surface area contributed by atoms with Crippen molar-refractivity contribution >= 4 is 33.5 Å². The first-order valence-electron chi connectivity index (χ1n) is 6.97. The Hall–Kier alpha value is -1.56. The second-order valence-corrected chi connectivity index (χ2v) is 6.41. The predicted molar refractivity (Wildman–Crippen MR) is 84.5 cm³/mol. The van der Waals surface area contributed by atoms with Crippen LogP contribution >= 0.6 is 15.9 Å². The van der Waals surface area contributed by atoms with E-state index in [1.54, 1.807) is 12.1 Å². The van der Waals surface area contributed by atoms with Gasteiger partial charge in [0.25, 0.3) is 5.91 Å². The molecule has 1 atom stereocenters. The fraction of sp³-hybridized carbons (Fsp3) is 0.467. The molecule has 1 aliphatic rings. The Bertz CT molecular complexity index is 576. The molecular weight excluding hydrogens is 336 g/mol. The van der Waals surface area contributed by atoms with Crippen LogP contribution in [0.3, 0.4) is 0 Å². The number of piperidine rings is 1. The molecule has 21 heavy (non-hydrogen) atoms. The highest BCUT2D eigenvalue weighted by atomic mass is 79.9. The zero-order valence-electron chi connectivity index (χ0n) is 11.9. The molecule has 5 nitrogen and oxygen atoms in total. The third-order valence-electron chi connectivity index (χ3n) is 4.27. The van der Waals surface area contributed by atoms with E-state index in [2.05, 4.69) is 15.9 Å². The molecule has 1 aromatic rings. The van der Waals surface area contributed by atoms with Crippen LogP contribution in [0.5, 0.6) is 0 Å². The van der Waals surface area contributed by atoms with Crippen LogP contribution in [0.2, 0.25) is 0 Å². The van der Waals surface area contributed by atoms with Crippen molar-refractivity contribution in [2.45, 2.75) is 26.2 Å². The van der Waals surface area contributed by atoms with Gasteiger partial charge in [0.05, 0.1) is 16.7 Å². The van der Waals surface area contributed by atoms with Crippen LogP contribution < -0.4 is 10.6 Å². The Labute approximate surface area is 132 Å². The molecule has 1 saturated heterocycles. The van der Waals surface area contributed by atoms with E-state index in [0.717, 1.165) is 17.4 Å². The molecule has 1 aromatic carbocycles. The highest BCUT2D eigenvalue weighted by Gasteiger charge is 2.41. The van der Waals surface area contributed by atoms with Crippen molar-refractivity contribution < 1.29 is 14.7 Å². The number of nitrogens with two attached hydrogens (primary N) is 1. The maximum Gasteiger partial charge on any atom is 0.311 e. The number of aliphatic carboxylic acids is 1. The molecule has 0 radical (unpaired) electrons. The third-order valence-corrected chi connectivity index (χ3v) is 4.77. The molecular formula is C15H19BrN2O3. The minimum Gasteiger partial charge on any atom is -0.481 e. The molecule has 1 unspecified atom stereocenters. The summed E-state index contributed by atoms with van der Waals surface area (Å²) in [6, 6.07) is 5.26. The minimum atomic E-state index is -0.773. The molecule has 0 aliphatic carbocycles. The van der Waals surface area contributed by atoms with Crippen LogP contribution in [-0.2, 0) is 4.79 Å². The van der Waals surface area contributed by atoms with Crippen molar-refractivity contribution in [2.24, 2.45) is 11.1 Å². The lowest BCUT2D eigenvalue weighted by atomic mass is 9.77. The number of carbonyl (C=O) groups excluding carboxylic acids is 1. The summed E-state index contributed by atoms with van der Waals surface area (Å²) in [7, 11) is 0. The summed E-state index contributed by atoms with van der Waals surface area (Å²) in [6.07, 6.45) is 2.01. The largest absolute Gasteiger partial charge is 0.481 e. The highest BCUT2D eigenvalue weighted by molar-refractivity contribution is 9.10. The van der Waals surface area contributed by atoms with Crippen LogP contribution in [0.25, 0.3) is 0 Å². The van der Waals surface area contributed by atoms with Crippen molar-refractivity contribution in [1.82, 2.24) is 0 Å². The minimum absolute atomic E-state index is 0.398. The van der Waals surface area contributed by atoms with E-state index in [1.807, 2.05) is 17.9 Å². The second kappa shape index (κ2) is 6.05. The molecule has 0 bridgehead atoms. The number of carboxylic acids is 1. The lowest BCUT2D eigenvalue weighted by Crippen LogP contribution is -2.48. The fourth-order valence-corrected chi connectivity index (χ4v) is 3.28. The van der Waals surface area contributed by atoms with E-state index >= 15 is 0 Å². The lowest BCUT2D eigenvalue weighted by molar-refractivity contribution is -0.149. The third kappa shape index (κ3) is 3.05. The van der Waals surface area contributed by atoms with Gasteiger partial charge >= 0.3 is 5.97 Å². The molecule has 114 valence electrons. The smallest absolute Gasteiger partial charge is 0.311 e. The number of primary amides is 1. The fourth-order valence-electron chi connectivity index (χ4n) is 2.93. The van der Waals surface area contributed by atoms with Gasteiger partial charge in [0.1, 0.15) is 0 Å². The van der Waals surface area contributed by atoms with Gasteiger partial charge < -0.3 is 15.7 Å². The molecule has 0 saturated carbocycles. The molecule has 1 amide bonds. The zero-order chi connectivity index (χ0) is 15.6. The molecule has 1 heterocycles. The highest BCUT2D eigenvalue weighted by Crippen LogP contribution is 2.37. The van der Waals surface area contributed by atoms with E-state index in [4.69, 9.17) is 5.73 Å². The molecule has 2 rings (SSSR count). The van der Waals surface area contributed by atoms with Gasteiger partial charge in [0.2, 0.25) is 0 Å². The van der Waals surface area contributed by atoms with Crippen LogP contribution in [0, 0.1) is 5.41 Å². The summed E-state index contributed by atoms with van der Waals surface area (Å²) >= 11 is 3.39. The maximum absolute atomic E-state index is 11.6.